The fraction of sp³-hybridized carbons (Fsp3) is 0.167. The number of likely N-dealkylation sites (N-methyl/N-ethyl adjacent to an activating group) is 1. The van der Waals surface area contributed by atoms with Gasteiger partial charge in [0.2, 0.25) is 5.91 Å². The lowest BCUT2D eigenvalue weighted by atomic mass is 10.1. The van der Waals surface area contributed by atoms with Gasteiger partial charge >= 0.3 is 0 Å². The monoisotopic (exact) mass is 203 g/mol. The van der Waals surface area contributed by atoms with Crippen LogP contribution in [-0.2, 0) is 4.79 Å². The molecule has 0 aliphatic heterocycles. The van der Waals surface area contributed by atoms with Crippen molar-refractivity contribution in [1.82, 2.24) is 4.90 Å². The minimum Gasteiger partial charge on any atom is -0.345 e. The van der Waals surface area contributed by atoms with Gasteiger partial charge in [-0.1, -0.05) is 30.3 Å². The first kappa shape index (κ1) is 11.2. The van der Waals surface area contributed by atoms with Crippen molar-refractivity contribution in [3.63, 3.8) is 0 Å². The number of allylic oxidation sites excluding steroid dienone is 1. The van der Waals surface area contributed by atoms with E-state index in [4.69, 9.17) is 0 Å². The summed E-state index contributed by atoms with van der Waals surface area (Å²) in [5, 5.41) is 0. The molecule has 0 radical (unpaired) electrons. The summed E-state index contributed by atoms with van der Waals surface area (Å²) >= 11 is 0. The van der Waals surface area contributed by atoms with Crippen LogP contribution in [-0.4, -0.2) is 30.7 Å². The number of carbonyl (C=O) groups excluding carboxylic acids is 2. The summed E-state index contributed by atoms with van der Waals surface area (Å²) in [6, 6.07) is 8.84. The van der Waals surface area contributed by atoms with E-state index in [0.717, 1.165) is 0 Å². The van der Waals surface area contributed by atoms with Crippen LogP contribution in [0.1, 0.15) is 10.4 Å². The minimum atomic E-state index is -0.195. The molecule has 0 unspecified atom stereocenters. The molecule has 1 aromatic rings. The Morgan fingerprint density at radius 2 is 1.67 bits per heavy atom. The number of nitrogens with zero attached hydrogens (tertiary/aromatic N) is 1. The summed E-state index contributed by atoms with van der Waals surface area (Å²) in [7, 11) is 3.28. The van der Waals surface area contributed by atoms with E-state index in [1.54, 1.807) is 38.4 Å². The van der Waals surface area contributed by atoms with Gasteiger partial charge in [-0.3, -0.25) is 9.59 Å². The standard InChI is InChI=1S/C12H13NO2/c1-13(2)12(15)9-8-11(14)10-6-4-3-5-7-10/h3-9H,1-2H3/b9-8+. The van der Waals surface area contributed by atoms with E-state index in [2.05, 4.69) is 0 Å². The van der Waals surface area contributed by atoms with Crippen molar-refractivity contribution < 1.29 is 9.59 Å². The highest BCUT2D eigenvalue weighted by atomic mass is 16.2. The number of hydrogen-bond donors (Lipinski definition) is 0. The first-order valence-electron chi connectivity index (χ1n) is 4.60. The van der Waals surface area contributed by atoms with E-state index in [-0.39, 0.29) is 11.7 Å². The summed E-state index contributed by atoms with van der Waals surface area (Å²) in [5.74, 6) is -0.356. The van der Waals surface area contributed by atoms with Gasteiger partial charge in [0, 0.05) is 25.7 Å². The zero-order chi connectivity index (χ0) is 11.3. The van der Waals surface area contributed by atoms with Crippen molar-refractivity contribution in [1.29, 1.82) is 0 Å². The van der Waals surface area contributed by atoms with Gasteiger partial charge in [-0.25, -0.2) is 0 Å². The predicted molar refractivity (Wildman–Crippen MR) is 58.6 cm³/mol. The van der Waals surface area contributed by atoms with E-state index in [1.807, 2.05) is 6.07 Å². The van der Waals surface area contributed by atoms with Crippen LogP contribution >= 0.6 is 0 Å². The Morgan fingerprint density at radius 3 is 2.20 bits per heavy atom. The molecular formula is C12H13NO2. The van der Waals surface area contributed by atoms with Crippen LogP contribution in [0, 0.1) is 0 Å². The lowest BCUT2D eigenvalue weighted by Crippen LogP contribution is -2.19. The molecule has 15 heavy (non-hydrogen) atoms. The number of amides is 1. The molecule has 0 saturated carbocycles. The van der Waals surface area contributed by atoms with Gasteiger partial charge in [0.1, 0.15) is 0 Å². The average molecular weight is 203 g/mol. The Bertz CT molecular complexity index is 380. The highest BCUT2D eigenvalue weighted by molar-refractivity contribution is 6.07. The molecule has 0 atom stereocenters. The van der Waals surface area contributed by atoms with Crippen molar-refractivity contribution >= 4 is 11.7 Å². The van der Waals surface area contributed by atoms with Crippen LogP contribution in [0.25, 0.3) is 0 Å². The van der Waals surface area contributed by atoms with Crippen LogP contribution in [0.2, 0.25) is 0 Å². The van der Waals surface area contributed by atoms with Crippen molar-refractivity contribution in [3.05, 3.63) is 48.0 Å². The molecule has 0 bridgehead atoms. The maximum absolute atomic E-state index is 11.5. The molecule has 1 amide bonds. The third kappa shape index (κ3) is 3.38. The molecule has 0 aliphatic carbocycles. The van der Waals surface area contributed by atoms with E-state index in [0.29, 0.717) is 5.56 Å². The smallest absolute Gasteiger partial charge is 0.246 e. The minimum absolute atomic E-state index is 0.161. The molecule has 0 fully saturated rings. The van der Waals surface area contributed by atoms with Crippen molar-refractivity contribution in [3.8, 4) is 0 Å². The normalized spacial score (nSPS) is 10.3. The predicted octanol–water partition coefficient (Wildman–Crippen LogP) is 1.51. The number of carbonyl (C=O) groups is 2. The molecule has 0 saturated heterocycles. The molecule has 78 valence electrons. The molecule has 0 heterocycles. The van der Waals surface area contributed by atoms with Gasteiger partial charge in [-0.2, -0.15) is 0 Å². The SMILES string of the molecule is CN(C)C(=O)/C=C/C(=O)c1ccccc1. The molecule has 0 aromatic heterocycles. The largest absolute Gasteiger partial charge is 0.345 e. The molecule has 1 aromatic carbocycles. The Balaban J connectivity index is 2.69. The van der Waals surface area contributed by atoms with Crippen molar-refractivity contribution in [2.45, 2.75) is 0 Å². The lowest BCUT2D eigenvalue weighted by molar-refractivity contribution is -0.123. The summed E-state index contributed by atoms with van der Waals surface area (Å²) in [6.07, 6.45) is 2.56. The first-order valence-corrected chi connectivity index (χ1v) is 4.60. The van der Waals surface area contributed by atoms with Gasteiger partial charge < -0.3 is 4.90 Å². The Hall–Kier alpha value is -1.90. The first-order chi connectivity index (χ1) is 7.11. The van der Waals surface area contributed by atoms with Gasteiger partial charge in [0.15, 0.2) is 5.78 Å². The fourth-order valence-corrected chi connectivity index (χ4v) is 0.995. The van der Waals surface area contributed by atoms with E-state index < -0.39 is 0 Å². The second-order valence-electron chi connectivity index (χ2n) is 3.30. The lowest BCUT2D eigenvalue weighted by Gasteiger charge is -2.04. The number of ketones is 1. The Morgan fingerprint density at radius 1 is 1.07 bits per heavy atom. The molecule has 3 heteroatoms. The van der Waals surface area contributed by atoms with Crippen LogP contribution < -0.4 is 0 Å². The third-order valence-corrected chi connectivity index (χ3v) is 1.88. The highest BCUT2D eigenvalue weighted by Gasteiger charge is 2.02. The maximum Gasteiger partial charge on any atom is 0.246 e. The molecule has 0 spiro atoms. The second kappa shape index (κ2) is 5.10. The van der Waals surface area contributed by atoms with Crippen LogP contribution in [0.3, 0.4) is 0 Å². The van der Waals surface area contributed by atoms with E-state index in [9.17, 15) is 9.59 Å². The van der Waals surface area contributed by atoms with Crippen LogP contribution in [0.5, 0.6) is 0 Å². The fourth-order valence-electron chi connectivity index (χ4n) is 0.995. The van der Waals surface area contributed by atoms with E-state index in [1.165, 1.54) is 17.1 Å². The van der Waals surface area contributed by atoms with Crippen LogP contribution in [0.4, 0.5) is 0 Å². The molecule has 0 N–H and O–H groups in total. The highest BCUT2D eigenvalue weighted by Crippen LogP contribution is 2.00. The van der Waals surface area contributed by atoms with Gasteiger partial charge in [-0.15, -0.1) is 0 Å². The summed E-state index contributed by atoms with van der Waals surface area (Å²) in [5.41, 5.74) is 0.584. The summed E-state index contributed by atoms with van der Waals surface area (Å²) in [4.78, 5) is 24.1. The number of rotatable bonds is 3. The number of hydrogen-bond acceptors (Lipinski definition) is 2. The van der Waals surface area contributed by atoms with Gasteiger partial charge in [0.05, 0.1) is 0 Å². The quantitative estimate of drug-likeness (QED) is 0.551. The second-order valence-corrected chi connectivity index (χ2v) is 3.30. The molecule has 1 rings (SSSR count). The summed E-state index contributed by atoms with van der Waals surface area (Å²) < 4.78 is 0. The van der Waals surface area contributed by atoms with Crippen molar-refractivity contribution in [2.75, 3.05) is 14.1 Å². The summed E-state index contributed by atoms with van der Waals surface area (Å²) in [6.45, 7) is 0. The zero-order valence-electron chi connectivity index (χ0n) is 8.81. The molecule has 3 nitrogen and oxygen atoms in total. The van der Waals surface area contributed by atoms with Crippen molar-refractivity contribution in [2.24, 2.45) is 0 Å². The van der Waals surface area contributed by atoms with Crippen LogP contribution in [0.15, 0.2) is 42.5 Å². The average Bonchev–Trinajstić information content (AvgIpc) is 2.26. The van der Waals surface area contributed by atoms with E-state index >= 15 is 0 Å². The Labute approximate surface area is 89.0 Å². The maximum atomic E-state index is 11.5. The van der Waals surface area contributed by atoms with Gasteiger partial charge in [0.25, 0.3) is 0 Å². The topological polar surface area (TPSA) is 37.4 Å². The number of benzene rings is 1. The molecule has 0 aliphatic rings. The zero-order valence-corrected chi connectivity index (χ0v) is 8.81. The van der Waals surface area contributed by atoms with Gasteiger partial charge in [-0.05, 0) is 6.08 Å². The molecular weight excluding hydrogens is 190 g/mol. The Kier molecular flexibility index (Phi) is 3.80. The third-order valence-electron chi connectivity index (χ3n) is 1.88.